The van der Waals surface area contributed by atoms with E-state index in [-0.39, 0.29) is 18.5 Å². The fourth-order valence-corrected chi connectivity index (χ4v) is 4.35. The zero-order valence-corrected chi connectivity index (χ0v) is 17.4. The predicted molar refractivity (Wildman–Crippen MR) is 112 cm³/mol. The Kier molecular flexibility index (Phi) is 5.99. The van der Waals surface area contributed by atoms with Crippen molar-refractivity contribution in [3.05, 3.63) is 58.8 Å². The largest absolute Gasteiger partial charge is 0.473 e. The first-order chi connectivity index (χ1) is 13.8. The lowest BCUT2D eigenvalue weighted by atomic mass is 9.86. The Bertz CT molecular complexity index is 972. The monoisotopic (exact) mass is 432 g/mol. The molecule has 2 aromatic heterocycles. The molecule has 0 unspecified atom stereocenters. The molecule has 29 heavy (non-hydrogen) atoms. The molecule has 5 rings (SSSR count). The van der Waals surface area contributed by atoms with E-state index in [1.54, 1.807) is 6.20 Å². The number of nitrogens with zero attached hydrogens (tertiary/aromatic N) is 5. The Morgan fingerprint density at radius 1 is 1.03 bits per heavy atom. The predicted octanol–water partition coefficient (Wildman–Crippen LogP) is 3.84. The topological polar surface area (TPSA) is 77.8 Å². The van der Waals surface area contributed by atoms with Crippen molar-refractivity contribution in [2.24, 2.45) is 0 Å². The van der Waals surface area contributed by atoms with Crippen molar-refractivity contribution in [1.29, 1.82) is 0 Å². The summed E-state index contributed by atoms with van der Waals surface area (Å²) in [5, 5.41) is 21.1. The van der Waals surface area contributed by atoms with Gasteiger partial charge in [0.05, 0.1) is 12.2 Å². The highest BCUT2D eigenvalue weighted by atomic mass is 35.5. The lowest BCUT2D eigenvalue weighted by Crippen LogP contribution is -2.25. The molecule has 1 saturated carbocycles. The third kappa shape index (κ3) is 4.08. The smallest absolute Gasteiger partial charge is 0.233 e. The second kappa shape index (κ2) is 8.65. The van der Waals surface area contributed by atoms with Crippen molar-refractivity contribution in [2.75, 3.05) is 0 Å². The van der Waals surface area contributed by atoms with Gasteiger partial charge in [0, 0.05) is 29.7 Å². The fraction of sp³-hybridized carbons (Fsp3) is 0.400. The number of ether oxygens (including phenoxy) is 1. The second-order valence-electron chi connectivity index (χ2n) is 7.34. The summed E-state index contributed by atoms with van der Waals surface area (Å²) in [6, 6.07) is 9.73. The SMILES string of the molecule is Cl.Clc1ccc2c(c1)CNCc1nnc([C@H]3CC[C@H](Oc4cccnn4)CC3)n1-2. The third-order valence-corrected chi connectivity index (χ3v) is 5.75. The average molecular weight is 433 g/mol. The minimum Gasteiger partial charge on any atom is -0.473 e. The Morgan fingerprint density at radius 3 is 2.69 bits per heavy atom. The van der Waals surface area contributed by atoms with Gasteiger partial charge in [-0.1, -0.05) is 11.6 Å². The molecule has 2 aliphatic rings. The van der Waals surface area contributed by atoms with E-state index in [1.165, 1.54) is 5.56 Å². The van der Waals surface area contributed by atoms with Crippen LogP contribution in [0.4, 0.5) is 0 Å². The number of halogens is 2. The third-order valence-electron chi connectivity index (χ3n) is 5.51. The van der Waals surface area contributed by atoms with Gasteiger partial charge in [-0.15, -0.1) is 27.7 Å². The van der Waals surface area contributed by atoms with Crippen LogP contribution in [0, 0.1) is 0 Å². The van der Waals surface area contributed by atoms with E-state index in [9.17, 15) is 0 Å². The second-order valence-corrected chi connectivity index (χ2v) is 7.78. The summed E-state index contributed by atoms with van der Waals surface area (Å²) in [6.45, 7) is 1.47. The lowest BCUT2D eigenvalue weighted by Gasteiger charge is -2.28. The Hall–Kier alpha value is -2.22. The highest BCUT2D eigenvalue weighted by Crippen LogP contribution is 2.36. The molecule has 0 bridgehead atoms. The van der Waals surface area contributed by atoms with E-state index in [4.69, 9.17) is 16.3 Å². The summed E-state index contributed by atoms with van der Waals surface area (Å²) in [5.41, 5.74) is 2.30. The fourth-order valence-electron chi connectivity index (χ4n) is 4.15. The van der Waals surface area contributed by atoms with Gasteiger partial charge in [0.15, 0.2) is 5.82 Å². The van der Waals surface area contributed by atoms with Crippen LogP contribution in [0.3, 0.4) is 0 Å². The van der Waals surface area contributed by atoms with Crippen LogP contribution in [0.25, 0.3) is 5.69 Å². The molecule has 1 aliphatic carbocycles. The van der Waals surface area contributed by atoms with Gasteiger partial charge < -0.3 is 10.1 Å². The molecule has 0 saturated heterocycles. The summed E-state index contributed by atoms with van der Waals surface area (Å²) < 4.78 is 8.20. The number of benzene rings is 1. The van der Waals surface area contributed by atoms with Crippen molar-refractivity contribution in [2.45, 2.75) is 50.8 Å². The maximum atomic E-state index is 6.21. The number of hydrogen-bond donors (Lipinski definition) is 1. The minimum atomic E-state index is 0. The maximum Gasteiger partial charge on any atom is 0.233 e. The molecule has 0 radical (unpaired) electrons. The first-order valence-corrected chi connectivity index (χ1v) is 10.0. The number of aromatic nitrogens is 5. The highest BCUT2D eigenvalue weighted by molar-refractivity contribution is 6.30. The standard InChI is InChI=1S/C20H21ClN6O.ClH/c21-15-5-8-17-14(10-15)11-22-12-18-24-26-20(27(17)18)13-3-6-16(7-4-13)28-19-2-1-9-23-25-19;/h1-2,5,8-10,13,16,22H,3-4,6-7,11-12H2;1H/t13-,16-;. The molecule has 0 atom stereocenters. The van der Waals surface area contributed by atoms with E-state index in [1.807, 2.05) is 24.3 Å². The van der Waals surface area contributed by atoms with Crippen molar-refractivity contribution in [3.8, 4) is 11.6 Å². The molecule has 1 aromatic carbocycles. The summed E-state index contributed by atoms with van der Waals surface area (Å²) >= 11 is 6.21. The number of rotatable bonds is 3. The normalized spacial score (nSPS) is 20.7. The van der Waals surface area contributed by atoms with Crippen LogP contribution in [-0.2, 0) is 13.1 Å². The van der Waals surface area contributed by atoms with E-state index in [0.29, 0.717) is 18.3 Å². The van der Waals surface area contributed by atoms with Crippen LogP contribution in [0.2, 0.25) is 5.02 Å². The van der Waals surface area contributed by atoms with Gasteiger partial charge in [-0.3, -0.25) is 4.57 Å². The Morgan fingerprint density at radius 2 is 1.90 bits per heavy atom. The van der Waals surface area contributed by atoms with Crippen LogP contribution >= 0.6 is 24.0 Å². The van der Waals surface area contributed by atoms with E-state index >= 15 is 0 Å². The van der Waals surface area contributed by atoms with E-state index in [0.717, 1.165) is 54.6 Å². The first kappa shape index (κ1) is 20.1. The average Bonchev–Trinajstić information content (AvgIpc) is 3.05. The van der Waals surface area contributed by atoms with E-state index in [2.05, 4.69) is 36.3 Å². The molecular weight excluding hydrogens is 411 g/mol. The van der Waals surface area contributed by atoms with Gasteiger partial charge in [0.25, 0.3) is 0 Å². The molecule has 1 aliphatic heterocycles. The van der Waals surface area contributed by atoms with Crippen LogP contribution < -0.4 is 10.1 Å². The lowest BCUT2D eigenvalue weighted by molar-refractivity contribution is 0.137. The maximum absolute atomic E-state index is 6.21. The molecule has 3 heterocycles. The Labute approximate surface area is 180 Å². The molecule has 3 aromatic rings. The molecule has 0 spiro atoms. The van der Waals surface area contributed by atoms with Gasteiger partial charge in [-0.05, 0) is 55.5 Å². The van der Waals surface area contributed by atoms with Crippen molar-refractivity contribution < 1.29 is 4.74 Å². The van der Waals surface area contributed by atoms with Crippen molar-refractivity contribution >= 4 is 24.0 Å². The minimum absolute atomic E-state index is 0. The summed E-state index contributed by atoms with van der Waals surface area (Å²) in [6.07, 6.45) is 5.79. The molecule has 1 N–H and O–H groups in total. The molecule has 7 nitrogen and oxygen atoms in total. The highest BCUT2D eigenvalue weighted by Gasteiger charge is 2.30. The zero-order valence-electron chi connectivity index (χ0n) is 15.8. The summed E-state index contributed by atoms with van der Waals surface area (Å²) in [4.78, 5) is 0. The molecule has 0 amide bonds. The van der Waals surface area contributed by atoms with Crippen molar-refractivity contribution in [3.63, 3.8) is 0 Å². The molecule has 152 valence electrons. The number of nitrogens with one attached hydrogen (secondary N) is 1. The van der Waals surface area contributed by atoms with E-state index < -0.39 is 0 Å². The van der Waals surface area contributed by atoms with Crippen LogP contribution in [0.15, 0.2) is 36.5 Å². The quantitative estimate of drug-likeness (QED) is 0.677. The van der Waals surface area contributed by atoms with Gasteiger partial charge in [0.2, 0.25) is 5.88 Å². The van der Waals surface area contributed by atoms with Crippen LogP contribution in [0.5, 0.6) is 5.88 Å². The molecule has 9 heteroatoms. The zero-order chi connectivity index (χ0) is 18.9. The summed E-state index contributed by atoms with van der Waals surface area (Å²) in [7, 11) is 0. The summed E-state index contributed by atoms with van der Waals surface area (Å²) in [5.74, 6) is 2.96. The number of hydrogen-bond acceptors (Lipinski definition) is 6. The van der Waals surface area contributed by atoms with Gasteiger partial charge in [-0.25, -0.2) is 0 Å². The van der Waals surface area contributed by atoms with Gasteiger partial charge in [0.1, 0.15) is 11.9 Å². The first-order valence-electron chi connectivity index (χ1n) is 9.66. The van der Waals surface area contributed by atoms with Crippen LogP contribution in [-0.4, -0.2) is 31.1 Å². The Balaban J connectivity index is 0.00000205. The number of fused-ring (bicyclic) bond motifs is 3. The molecular formula is C20H22Cl2N6O. The van der Waals surface area contributed by atoms with Gasteiger partial charge in [-0.2, -0.15) is 5.10 Å². The van der Waals surface area contributed by atoms with Crippen LogP contribution in [0.1, 0.15) is 48.8 Å². The van der Waals surface area contributed by atoms with Crippen molar-refractivity contribution in [1.82, 2.24) is 30.3 Å². The molecule has 1 fully saturated rings. The van der Waals surface area contributed by atoms with Gasteiger partial charge >= 0.3 is 0 Å².